The number of nitrogens with zero attached hydrogens (tertiary/aromatic N) is 2. The number of carbonyl (C=O) groups is 4. The normalized spacial score (nSPS) is 23.9. The van der Waals surface area contributed by atoms with Crippen molar-refractivity contribution in [2.75, 3.05) is 40.0 Å². The molecule has 2 fully saturated rings. The standard InChI is InChI=1S/C20H34N4O6/c1-12(2)13(3)5-6-14(22-20(28)24-7-9-29-10-8-24)19(27)23(4)16-15(25)11-30-17(16)18(21)26/h12-14,16-17H,5-11H2,1-4H3,(H2,21,26)(H,22,28)/t13?,14-,16?,17?/m0/s1. The number of ether oxygens (including phenoxy) is 2. The minimum atomic E-state index is -1.18. The van der Waals surface area contributed by atoms with Gasteiger partial charge >= 0.3 is 6.03 Å². The summed E-state index contributed by atoms with van der Waals surface area (Å²) in [6, 6.07) is -2.25. The van der Waals surface area contributed by atoms with Crippen LogP contribution in [0.15, 0.2) is 0 Å². The number of rotatable bonds is 8. The number of likely N-dealkylation sites (N-methyl/N-ethyl adjacent to an activating group) is 1. The molecule has 10 heteroatoms. The summed E-state index contributed by atoms with van der Waals surface area (Å²) in [6.45, 7) is 7.82. The summed E-state index contributed by atoms with van der Waals surface area (Å²) in [4.78, 5) is 52.6. The van der Waals surface area contributed by atoms with E-state index in [9.17, 15) is 19.2 Å². The molecule has 4 amide bonds. The molecule has 2 aliphatic rings. The van der Waals surface area contributed by atoms with Crippen LogP contribution in [-0.2, 0) is 23.9 Å². The number of nitrogens with two attached hydrogens (primary N) is 1. The van der Waals surface area contributed by atoms with Gasteiger partial charge in [0.1, 0.15) is 18.7 Å². The van der Waals surface area contributed by atoms with E-state index in [1.165, 1.54) is 11.9 Å². The molecule has 10 nitrogen and oxygen atoms in total. The lowest BCUT2D eigenvalue weighted by molar-refractivity contribution is -0.141. The van der Waals surface area contributed by atoms with Crippen LogP contribution < -0.4 is 11.1 Å². The lowest BCUT2D eigenvalue weighted by Crippen LogP contribution is -2.58. The molecule has 2 aliphatic heterocycles. The first-order valence-electron chi connectivity index (χ1n) is 10.5. The van der Waals surface area contributed by atoms with Crippen molar-refractivity contribution in [3.05, 3.63) is 0 Å². The predicted molar refractivity (Wildman–Crippen MR) is 108 cm³/mol. The maximum absolute atomic E-state index is 13.3. The van der Waals surface area contributed by atoms with Gasteiger partial charge < -0.3 is 30.3 Å². The third-order valence-corrected chi connectivity index (χ3v) is 6.01. The molecule has 2 saturated heterocycles. The molecule has 3 N–H and O–H groups in total. The lowest BCUT2D eigenvalue weighted by Gasteiger charge is -2.33. The van der Waals surface area contributed by atoms with Crippen molar-refractivity contribution in [2.45, 2.75) is 51.8 Å². The number of primary amides is 1. The van der Waals surface area contributed by atoms with Crippen LogP contribution in [-0.4, -0.2) is 91.6 Å². The van der Waals surface area contributed by atoms with Crippen LogP contribution >= 0.6 is 0 Å². The lowest BCUT2D eigenvalue weighted by atomic mass is 9.91. The second-order valence-electron chi connectivity index (χ2n) is 8.39. The zero-order chi connectivity index (χ0) is 22.4. The molecule has 2 heterocycles. The summed E-state index contributed by atoms with van der Waals surface area (Å²) < 4.78 is 10.4. The van der Waals surface area contributed by atoms with Gasteiger partial charge in [0.25, 0.3) is 0 Å². The van der Waals surface area contributed by atoms with Crippen molar-refractivity contribution in [3.63, 3.8) is 0 Å². The summed E-state index contributed by atoms with van der Waals surface area (Å²) >= 11 is 0. The van der Waals surface area contributed by atoms with Crippen molar-refractivity contribution < 1.29 is 28.7 Å². The summed E-state index contributed by atoms with van der Waals surface area (Å²) in [6.07, 6.45) is -0.0435. The maximum atomic E-state index is 13.3. The van der Waals surface area contributed by atoms with E-state index in [1.54, 1.807) is 4.90 Å². The molecule has 2 rings (SSSR count). The van der Waals surface area contributed by atoms with E-state index >= 15 is 0 Å². The number of amides is 4. The zero-order valence-electron chi connectivity index (χ0n) is 18.3. The van der Waals surface area contributed by atoms with Gasteiger partial charge in [-0.2, -0.15) is 0 Å². The van der Waals surface area contributed by atoms with Crippen molar-refractivity contribution in [1.29, 1.82) is 0 Å². The number of Topliss-reactive ketones (excluding diaryl/α,β-unsaturated/α-hetero) is 1. The van der Waals surface area contributed by atoms with Gasteiger partial charge in [0.2, 0.25) is 11.8 Å². The van der Waals surface area contributed by atoms with Gasteiger partial charge in [-0.25, -0.2) is 4.79 Å². The van der Waals surface area contributed by atoms with Crippen LogP contribution in [0.25, 0.3) is 0 Å². The maximum Gasteiger partial charge on any atom is 0.318 e. The van der Waals surface area contributed by atoms with Gasteiger partial charge in [0.15, 0.2) is 11.9 Å². The average Bonchev–Trinajstić information content (AvgIpc) is 3.11. The summed E-state index contributed by atoms with van der Waals surface area (Å²) in [5.74, 6) is -0.850. The second kappa shape index (κ2) is 10.7. The first-order valence-corrected chi connectivity index (χ1v) is 10.5. The summed E-state index contributed by atoms with van der Waals surface area (Å²) in [7, 11) is 1.44. The highest BCUT2D eigenvalue weighted by atomic mass is 16.5. The van der Waals surface area contributed by atoms with E-state index in [0.717, 1.165) is 6.42 Å². The van der Waals surface area contributed by atoms with Crippen molar-refractivity contribution in [3.8, 4) is 0 Å². The Bertz CT molecular complexity index is 649. The number of nitrogens with one attached hydrogen (secondary N) is 1. The van der Waals surface area contributed by atoms with Gasteiger partial charge in [-0.1, -0.05) is 20.8 Å². The fourth-order valence-electron chi connectivity index (χ4n) is 3.58. The predicted octanol–water partition coefficient (Wildman–Crippen LogP) is -0.251. The SMILES string of the molecule is CC(C)C(C)CC[C@H](NC(=O)N1CCOCC1)C(=O)N(C)C1C(=O)COC1C(N)=O. The van der Waals surface area contributed by atoms with Gasteiger partial charge in [-0.15, -0.1) is 0 Å². The van der Waals surface area contributed by atoms with Gasteiger partial charge in [0, 0.05) is 20.1 Å². The van der Waals surface area contributed by atoms with Crippen molar-refractivity contribution in [1.82, 2.24) is 15.1 Å². The Morgan fingerprint density at radius 3 is 2.40 bits per heavy atom. The number of hydrogen-bond acceptors (Lipinski definition) is 6. The molecule has 0 spiro atoms. The minimum Gasteiger partial charge on any atom is -0.378 e. The number of morpholine rings is 1. The van der Waals surface area contributed by atoms with Gasteiger partial charge in [0.05, 0.1) is 13.2 Å². The van der Waals surface area contributed by atoms with Crippen LogP contribution in [0.3, 0.4) is 0 Å². The first-order chi connectivity index (χ1) is 14.1. The first kappa shape index (κ1) is 24.1. The second-order valence-corrected chi connectivity index (χ2v) is 8.39. The quantitative estimate of drug-likeness (QED) is 0.550. The van der Waals surface area contributed by atoms with E-state index in [4.69, 9.17) is 15.2 Å². The van der Waals surface area contributed by atoms with Crippen molar-refractivity contribution >= 4 is 23.6 Å². The molecule has 3 unspecified atom stereocenters. The van der Waals surface area contributed by atoms with E-state index in [1.807, 2.05) is 0 Å². The van der Waals surface area contributed by atoms with Crippen LogP contribution in [0.2, 0.25) is 0 Å². The molecule has 0 radical (unpaired) electrons. The van der Waals surface area contributed by atoms with Crippen LogP contribution in [0.1, 0.15) is 33.6 Å². The minimum absolute atomic E-state index is 0.273. The molecule has 4 atom stereocenters. The van der Waals surface area contributed by atoms with Gasteiger partial charge in [-0.05, 0) is 24.7 Å². The monoisotopic (exact) mass is 426 g/mol. The largest absolute Gasteiger partial charge is 0.378 e. The highest BCUT2D eigenvalue weighted by Gasteiger charge is 2.45. The Morgan fingerprint density at radius 2 is 1.83 bits per heavy atom. The molecule has 30 heavy (non-hydrogen) atoms. The molecule has 0 saturated carbocycles. The molecule has 170 valence electrons. The molecule has 0 aromatic heterocycles. The highest BCUT2D eigenvalue weighted by Crippen LogP contribution is 2.21. The Morgan fingerprint density at radius 1 is 1.20 bits per heavy atom. The summed E-state index contributed by atoms with van der Waals surface area (Å²) in [5, 5.41) is 2.82. The molecule has 0 aliphatic carbocycles. The number of ketones is 1. The van der Waals surface area contributed by atoms with Gasteiger partial charge in [-0.3, -0.25) is 14.4 Å². The third-order valence-electron chi connectivity index (χ3n) is 6.01. The topological polar surface area (TPSA) is 131 Å². The zero-order valence-corrected chi connectivity index (χ0v) is 18.3. The van der Waals surface area contributed by atoms with Crippen molar-refractivity contribution in [2.24, 2.45) is 17.6 Å². The third kappa shape index (κ3) is 5.91. The number of carbonyl (C=O) groups excluding carboxylic acids is 4. The Hall–Kier alpha value is -2.20. The van der Waals surface area contributed by atoms with Crippen LogP contribution in [0.4, 0.5) is 4.79 Å². The van der Waals surface area contributed by atoms with E-state index in [2.05, 4.69) is 26.1 Å². The number of urea groups is 1. The van der Waals surface area contributed by atoms with Crippen LogP contribution in [0.5, 0.6) is 0 Å². The molecule has 0 aromatic carbocycles. The van der Waals surface area contributed by atoms with E-state index in [0.29, 0.717) is 44.6 Å². The highest BCUT2D eigenvalue weighted by molar-refractivity contribution is 5.99. The molecular weight excluding hydrogens is 392 g/mol. The fourth-order valence-corrected chi connectivity index (χ4v) is 3.58. The average molecular weight is 427 g/mol. The number of hydrogen-bond donors (Lipinski definition) is 2. The Balaban J connectivity index is 2.14. The molecular formula is C20H34N4O6. The molecule has 0 aromatic rings. The molecule has 0 bridgehead atoms. The van der Waals surface area contributed by atoms with E-state index in [-0.39, 0.29) is 18.4 Å². The fraction of sp³-hybridized carbons (Fsp3) is 0.800. The van der Waals surface area contributed by atoms with E-state index < -0.39 is 30.0 Å². The Kier molecular flexibility index (Phi) is 8.60. The summed E-state index contributed by atoms with van der Waals surface area (Å²) in [5.41, 5.74) is 5.33. The Labute approximate surface area is 177 Å². The van der Waals surface area contributed by atoms with Crippen LogP contribution in [0, 0.1) is 11.8 Å². The smallest absolute Gasteiger partial charge is 0.318 e.